The largest absolute Gasteiger partial charge is 0.340 e. The zero-order chi connectivity index (χ0) is 18.9. The highest BCUT2D eigenvalue weighted by Crippen LogP contribution is 2.31. The molecule has 0 spiro atoms. The van der Waals surface area contributed by atoms with Crippen LogP contribution in [0.4, 0.5) is 0 Å². The zero-order valence-corrected chi connectivity index (χ0v) is 17.4. The molecule has 2 aliphatic heterocycles. The molecule has 2 unspecified atom stereocenters. The molecular weight excluding hydrogens is 362 g/mol. The third kappa shape index (κ3) is 4.64. The molecular formula is C21H32ClN3O2. The molecule has 1 aromatic rings. The molecule has 5 nitrogen and oxygen atoms in total. The second-order valence-corrected chi connectivity index (χ2v) is 8.63. The van der Waals surface area contributed by atoms with Gasteiger partial charge in [-0.05, 0) is 35.4 Å². The number of hydrogen-bond acceptors (Lipinski definition) is 3. The molecule has 2 atom stereocenters. The number of nitrogens with two attached hydrogens (primary N) is 1. The van der Waals surface area contributed by atoms with Gasteiger partial charge >= 0.3 is 0 Å². The van der Waals surface area contributed by atoms with E-state index < -0.39 is 6.04 Å². The van der Waals surface area contributed by atoms with Crippen molar-refractivity contribution in [1.29, 1.82) is 0 Å². The monoisotopic (exact) mass is 393 g/mol. The Morgan fingerprint density at radius 1 is 1.26 bits per heavy atom. The number of halogens is 1. The summed E-state index contributed by atoms with van der Waals surface area (Å²) in [5.41, 5.74) is 8.23. The molecule has 0 aliphatic carbocycles. The van der Waals surface area contributed by atoms with E-state index in [9.17, 15) is 9.59 Å². The first-order valence-corrected chi connectivity index (χ1v) is 9.68. The van der Waals surface area contributed by atoms with Gasteiger partial charge in [0.1, 0.15) is 6.04 Å². The van der Waals surface area contributed by atoms with Crippen molar-refractivity contribution >= 4 is 24.2 Å². The third-order valence-corrected chi connectivity index (χ3v) is 5.80. The van der Waals surface area contributed by atoms with Crippen molar-refractivity contribution in [3.63, 3.8) is 0 Å². The molecule has 2 heterocycles. The van der Waals surface area contributed by atoms with E-state index in [2.05, 4.69) is 19.1 Å². The lowest BCUT2D eigenvalue weighted by atomic mass is 9.90. The third-order valence-electron chi connectivity index (χ3n) is 5.80. The van der Waals surface area contributed by atoms with E-state index in [1.807, 2.05) is 35.8 Å². The van der Waals surface area contributed by atoms with E-state index in [1.165, 1.54) is 5.56 Å². The molecule has 0 radical (unpaired) electrons. The summed E-state index contributed by atoms with van der Waals surface area (Å²) in [7, 11) is 0. The average molecular weight is 394 g/mol. The minimum absolute atomic E-state index is 0. The Bertz CT molecular complexity index is 694. The lowest BCUT2D eigenvalue weighted by Gasteiger charge is -2.38. The predicted octanol–water partition coefficient (Wildman–Crippen LogP) is 2.61. The van der Waals surface area contributed by atoms with E-state index in [-0.39, 0.29) is 35.6 Å². The number of fused-ring (bicyclic) bond motifs is 1. The number of benzene rings is 1. The Kier molecular flexibility index (Phi) is 6.92. The van der Waals surface area contributed by atoms with Crippen molar-refractivity contribution in [2.75, 3.05) is 19.6 Å². The summed E-state index contributed by atoms with van der Waals surface area (Å²) in [4.78, 5) is 29.9. The topological polar surface area (TPSA) is 66.6 Å². The smallest absolute Gasteiger partial charge is 0.245 e. The van der Waals surface area contributed by atoms with Crippen LogP contribution in [0.15, 0.2) is 24.3 Å². The number of amides is 2. The van der Waals surface area contributed by atoms with Crippen LogP contribution >= 0.6 is 12.4 Å². The maximum Gasteiger partial charge on any atom is 0.245 e. The molecule has 6 heteroatoms. The number of rotatable bonds is 4. The summed E-state index contributed by atoms with van der Waals surface area (Å²) >= 11 is 0. The molecule has 1 saturated heterocycles. The Labute approximate surface area is 168 Å². The molecule has 1 fully saturated rings. The maximum absolute atomic E-state index is 13.3. The van der Waals surface area contributed by atoms with E-state index in [0.717, 1.165) is 18.5 Å². The van der Waals surface area contributed by atoms with Crippen LogP contribution in [0.5, 0.6) is 0 Å². The van der Waals surface area contributed by atoms with Gasteiger partial charge in [0.05, 0.1) is 0 Å². The van der Waals surface area contributed by atoms with Crippen molar-refractivity contribution < 1.29 is 9.59 Å². The lowest BCUT2D eigenvalue weighted by Crippen LogP contribution is -2.53. The van der Waals surface area contributed by atoms with Crippen LogP contribution in [-0.4, -0.2) is 47.3 Å². The van der Waals surface area contributed by atoms with Gasteiger partial charge in [0, 0.05) is 32.5 Å². The van der Waals surface area contributed by atoms with Gasteiger partial charge in [-0.3, -0.25) is 9.59 Å². The Morgan fingerprint density at radius 3 is 2.52 bits per heavy atom. The fourth-order valence-corrected chi connectivity index (χ4v) is 4.06. The van der Waals surface area contributed by atoms with Gasteiger partial charge < -0.3 is 15.5 Å². The highest BCUT2D eigenvalue weighted by Gasteiger charge is 2.41. The van der Waals surface area contributed by atoms with Gasteiger partial charge in [-0.15, -0.1) is 12.4 Å². The quantitative estimate of drug-likeness (QED) is 0.854. The molecule has 27 heavy (non-hydrogen) atoms. The van der Waals surface area contributed by atoms with Crippen molar-refractivity contribution in [3.05, 3.63) is 35.4 Å². The first kappa shape index (κ1) is 21.7. The van der Waals surface area contributed by atoms with Gasteiger partial charge in [0.25, 0.3) is 0 Å². The number of carbonyl (C=O) groups excluding carboxylic acids is 2. The van der Waals surface area contributed by atoms with Gasteiger partial charge in [-0.2, -0.15) is 0 Å². The van der Waals surface area contributed by atoms with Crippen molar-refractivity contribution in [3.8, 4) is 0 Å². The highest BCUT2D eigenvalue weighted by atomic mass is 35.5. The van der Waals surface area contributed by atoms with E-state index in [4.69, 9.17) is 5.73 Å². The van der Waals surface area contributed by atoms with Crippen LogP contribution in [0, 0.1) is 11.3 Å². The van der Waals surface area contributed by atoms with Crippen LogP contribution in [0.3, 0.4) is 0 Å². The van der Waals surface area contributed by atoms with Crippen LogP contribution in [0.25, 0.3) is 0 Å². The molecule has 2 amide bonds. The van der Waals surface area contributed by atoms with Gasteiger partial charge in [-0.25, -0.2) is 0 Å². The summed E-state index contributed by atoms with van der Waals surface area (Å²) in [6.45, 7) is 8.75. The van der Waals surface area contributed by atoms with E-state index in [0.29, 0.717) is 32.5 Å². The minimum atomic E-state index is -0.392. The molecule has 3 rings (SSSR count). The molecule has 150 valence electrons. The molecule has 2 aliphatic rings. The van der Waals surface area contributed by atoms with Crippen LogP contribution in [0.2, 0.25) is 0 Å². The van der Waals surface area contributed by atoms with E-state index >= 15 is 0 Å². The highest BCUT2D eigenvalue weighted by molar-refractivity contribution is 5.89. The Balaban J connectivity index is 0.00000261. The molecule has 0 aromatic heterocycles. The maximum atomic E-state index is 13.3. The van der Waals surface area contributed by atoms with Gasteiger partial charge in [-0.1, -0.05) is 45.0 Å². The van der Waals surface area contributed by atoms with Crippen LogP contribution in [0.1, 0.15) is 44.7 Å². The van der Waals surface area contributed by atoms with Crippen molar-refractivity contribution in [1.82, 2.24) is 9.80 Å². The summed E-state index contributed by atoms with van der Waals surface area (Å²) in [6, 6.07) is 7.75. The lowest BCUT2D eigenvalue weighted by molar-refractivity contribution is -0.147. The van der Waals surface area contributed by atoms with Gasteiger partial charge in [0.2, 0.25) is 11.8 Å². The molecule has 0 saturated carbocycles. The first-order chi connectivity index (χ1) is 12.3. The van der Waals surface area contributed by atoms with E-state index in [1.54, 1.807) is 0 Å². The predicted molar refractivity (Wildman–Crippen MR) is 110 cm³/mol. The summed E-state index contributed by atoms with van der Waals surface area (Å²) in [5.74, 6) is 0.435. The molecule has 2 N–H and O–H groups in total. The van der Waals surface area contributed by atoms with Crippen LogP contribution in [-0.2, 0) is 22.6 Å². The number of likely N-dealkylation sites (tertiary alicyclic amines) is 1. The summed E-state index contributed by atoms with van der Waals surface area (Å²) in [6.07, 6.45) is 2.01. The fraction of sp³-hybridized carbons (Fsp3) is 0.619. The van der Waals surface area contributed by atoms with Gasteiger partial charge in [0.15, 0.2) is 0 Å². The second-order valence-electron chi connectivity index (χ2n) is 8.63. The first-order valence-electron chi connectivity index (χ1n) is 9.68. The average Bonchev–Trinajstić information content (AvgIpc) is 3.02. The number of hydrogen-bond donors (Lipinski definition) is 1. The summed E-state index contributed by atoms with van der Waals surface area (Å²) < 4.78 is 0. The number of nitrogens with zero attached hydrogens (tertiary/aromatic N) is 2. The minimum Gasteiger partial charge on any atom is -0.340 e. The standard InChI is InChI=1S/C21H31N3O2.ClH/c1-15(2)10-19(25)24-12-17-7-5-4-6-16(17)11-18(24)20(26)23-9-8-21(3,13-22)14-23;/h4-7,15,18H,8-14,22H2,1-3H3;1H. The van der Waals surface area contributed by atoms with Crippen molar-refractivity contribution in [2.24, 2.45) is 17.1 Å². The fourth-order valence-electron chi connectivity index (χ4n) is 4.06. The molecule has 1 aromatic carbocycles. The second kappa shape index (κ2) is 8.61. The Morgan fingerprint density at radius 2 is 1.93 bits per heavy atom. The number of carbonyl (C=O) groups is 2. The molecule has 0 bridgehead atoms. The Hall–Kier alpha value is -1.59. The zero-order valence-electron chi connectivity index (χ0n) is 16.6. The van der Waals surface area contributed by atoms with Crippen molar-refractivity contribution in [2.45, 2.75) is 52.6 Å². The SMILES string of the molecule is CC(C)CC(=O)N1Cc2ccccc2CC1C(=O)N1CCC(C)(CN)C1.Cl. The summed E-state index contributed by atoms with van der Waals surface area (Å²) in [5, 5.41) is 0. The van der Waals surface area contributed by atoms with Crippen LogP contribution < -0.4 is 5.73 Å². The normalized spacial score (nSPS) is 24.6.